The van der Waals surface area contributed by atoms with Crippen LogP contribution in [0.4, 0.5) is 0 Å². The number of aliphatic hydroxyl groups excluding tert-OH is 1. The zero-order valence-electron chi connectivity index (χ0n) is 16.6. The average molecular weight is 402 g/mol. The smallest absolute Gasteiger partial charge is 0.269 e. The van der Waals surface area contributed by atoms with Crippen LogP contribution in [0.25, 0.3) is 0 Å². The second-order valence-electron chi connectivity index (χ2n) is 8.10. The molecule has 2 aliphatic heterocycles. The Kier molecular flexibility index (Phi) is 4.91. The second-order valence-corrected chi connectivity index (χ2v) is 8.10. The van der Waals surface area contributed by atoms with E-state index >= 15 is 0 Å². The first-order valence-corrected chi connectivity index (χ1v) is 9.77. The molecule has 4 N–H and O–H groups in total. The normalized spacial score (nSPS) is 26.4. The first-order chi connectivity index (χ1) is 13.8. The number of carbonyl (C=O) groups excluding carboxylic acids is 2. The van der Waals surface area contributed by atoms with E-state index < -0.39 is 17.2 Å². The van der Waals surface area contributed by atoms with Gasteiger partial charge in [0.25, 0.3) is 11.8 Å². The van der Waals surface area contributed by atoms with Gasteiger partial charge in [-0.1, -0.05) is 0 Å². The maximum absolute atomic E-state index is 12.6. The number of hydrogen-bond acceptors (Lipinski definition) is 6. The first kappa shape index (κ1) is 19.6. The molecular formula is C19H26N6O4. The van der Waals surface area contributed by atoms with E-state index in [-0.39, 0.29) is 11.8 Å². The van der Waals surface area contributed by atoms with Gasteiger partial charge in [-0.3, -0.25) is 14.7 Å². The molecule has 1 spiro atoms. The van der Waals surface area contributed by atoms with Gasteiger partial charge in [-0.05, 0) is 33.1 Å². The lowest BCUT2D eigenvalue weighted by Crippen LogP contribution is -2.69. The van der Waals surface area contributed by atoms with E-state index in [2.05, 4.69) is 25.5 Å². The van der Waals surface area contributed by atoms with E-state index in [1.165, 1.54) is 12.4 Å². The zero-order valence-corrected chi connectivity index (χ0v) is 16.6. The van der Waals surface area contributed by atoms with Crippen LogP contribution in [0.15, 0.2) is 18.6 Å². The van der Waals surface area contributed by atoms with Crippen LogP contribution in [0, 0.1) is 6.92 Å². The number of aliphatic hydroxyl groups is 1. The number of aryl methyl sites for hydroxylation is 1. The Bertz CT molecular complexity index is 886. The van der Waals surface area contributed by atoms with Crippen LogP contribution in [0.2, 0.25) is 0 Å². The van der Waals surface area contributed by atoms with Gasteiger partial charge >= 0.3 is 0 Å². The minimum atomic E-state index is -0.900. The topological polar surface area (TPSA) is 136 Å². The number of hydrogen-bond donors (Lipinski definition) is 4. The van der Waals surface area contributed by atoms with Crippen molar-refractivity contribution in [1.82, 2.24) is 30.4 Å². The lowest BCUT2D eigenvalue weighted by atomic mass is 9.73. The van der Waals surface area contributed by atoms with Gasteiger partial charge in [-0.2, -0.15) is 5.10 Å². The van der Waals surface area contributed by atoms with E-state index in [0.29, 0.717) is 56.0 Å². The highest BCUT2D eigenvalue weighted by Crippen LogP contribution is 2.40. The van der Waals surface area contributed by atoms with Gasteiger partial charge in [0.15, 0.2) is 0 Å². The van der Waals surface area contributed by atoms with Crippen LogP contribution in [0.1, 0.15) is 52.9 Å². The fourth-order valence-corrected chi connectivity index (χ4v) is 4.31. The monoisotopic (exact) mass is 402 g/mol. The molecule has 0 unspecified atom stereocenters. The van der Waals surface area contributed by atoms with Crippen LogP contribution < -0.4 is 5.32 Å². The van der Waals surface area contributed by atoms with Gasteiger partial charge < -0.3 is 25.0 Å². The molecule has 2 saturated heterocycles. The van der Waals surface area contributed by atoms with Gasteiger partial charge in [-0.15, -0.1) is 0 Å². The maximum atomic E-state index is 12.6. The van der Waals surface area contributed by atoms with Crippen molar-refractivity contribution < 1.29 is 19.4 Å². The van der Waals surface area contributed by atoms with Crippen molar-refractivity contribution in [2.75, 3.05) is 19.7 Å². The number of rotatable bonds is 3. The third-order valence-corrected chi connectivity index (χ3v) is 6.10. The van der Waals surface area contributed by atoms with Crippen LogP contribution >= 0.6 is 0 Å². The quantitative estimate of drug-likeness (QED) is 0.586. The number of nitrogens with one attached hydrogen (secondary N) is 3. The summed E-state index contributed by atoms with van der Waals surface area (Å²) in [7, 11) is 0. The lowest BCUT2D eigenvalue weighted by molar-refractivity contribution is -0.203. The molecule has 2 amide bonds. The van der Waals surface area contributed by atoms with E-state index in [0.717, 1.165) is 0 Å². The molecule has 0 bridgehead atoms. The number of aromatic amines is 2. The SMILES string of the molecule is Cc1ncc(C(=O)N[C@@]2(C)CCOC3(CCN(C(=O)c4cn[nH]c4)CC3)[C@@H]2O)[nH]1. The molecule has 2 aromatic heterocycles. The average Bonchev–Trinajstić information content (AvgIpc) is 3.38. The summed E-state index contributed by atoms with van der Waals surface area (Å²) >= 11 is 0. The second kappa shape index (κ2) is 7.27. The third-order valence-electron chi connectivity index (χ3n) is 6.10. The van der Waals surface area contributed by atoms with Gasteiger partial charge in [0.1, 0.15) is 17.6 Å². The van der Waals surface area contributed by atoms with E-state index in [1.54, 1.807) is 18.0 Å². The van der Waals surface area contributed by atoms with Crippen LogP contribution in [-0.2, 0) is 4.74 Å². The molecule has 0 aromatic carbocycles. The summed E-state index contributed by atoms with van der Waals surface area (Å²) in [4.78, 5) is 33.9. The lowest BCUT2D eigenvalue weighted by Gasteiger charge is -2.53. The molecule has 4 rings (SSSR count). The molecule has 156 valence electrons. The summed E-state index contributed by atoms with van der Waals surface area (Å²) in [5.41, 5.74) is -0.766. The van der Waals surface area contributed by atoms with Gasteiger partial charge in [0.2, 0.25) is 0 Å². The molecule has 2 atom stereocenters. The number of imidazole rings is 1. The Morgan fingerprint density at radius 3 is 2.69 bits per heavy atom. The summed E-state index contributed by atoms with van der Waals surface area (Å²) < 4.78 is 6.05. The van der Waals surface area contributed by atoms with Crippen LogP contribution in [-0.4, -0.2) is 78.9 Å². The van der Waals surface area contributed by atoms with Crippen molar-refractivity contribution in [2.24, 2.45) is 0 Å². The number of piperidine rings is 1. The largest absolute Gasteiger partial charge is 0.388 e. The van der Waals surface area contributed by atoms with Crippen molar-refractivity contribution in [3.05, 3.63) is 35.7 Å². The molecule has 0 aliphatic carbocycles. The number of H-pyrrole nitrogens is 2. The van der Waals surface area contributed by atoms with Gasteiger partial charge in [0.05, 0.1) is 29.1 Å². The number of nitrogens with zero attached hydrogens (tertiary/aromatic N) is 3. The fourth-order valence-electron chi connectivity index (χ4n) is 4.31. The van der Waals surface area contributed by atoms with Crippen molar-refractivity contribution >= 4 is 11.8 Å². The molecular weight excluding hydrogens is 376 g/mol. The minimum absolute atomic E-state index is 0.0930. The highest BCUT2D eigenvalue weighted by molar-refractivity contribution is 5.94. The van der Waals surface area contributed by atoms with Crippen molar-refractivity contribution in [3.63, 3.8) is 0 Å². The molecule has 2 aromatic rings. The van der Waals surface area contributed by atoms with Crippen molar-refractivity contribution in [1.29, 1.82) is 0 Å². The summed E-state index contributed by atoms with van der Waals surface area (Å²) in [6, 6.07) is 0. The molecule has 2 fully saturated rings. The predicted octanol–water partition coefficient (Wildman–Crippen LogP) is 0.386. The Labute approximate surface area is 168 Å². The fraction of sp³-hybridized carbons (Fsp3) is 0.579. The molecule has 0 saturated carbocycles. The zero-order chi connectivity index (χ0) is 20.6. The number of likely N-dealkylation sites (tertiary alicyclic amines) is 1. The number of ether oxygens (including phenoxy) is 1. The van der Waals surface area contributed by atoms with Crippen LogP contribution in [0.3, 0.4) is 0 Å². The number of carbonyl (C=O) groups is 2. The molecule has 2 aliphatic rings. The Morgan fingerprint density at radius 1 is 1.31 bits per heavy atom. The number of amides is 2. The van der Waals surface area contributed by atoms with E-state index in [9.17, 15) is 14.7 Å². The highest BCUT2D eigenvalue weighted by Gasteiger charge is 2.54. The Balaban J connectivity index is 1.45. The predicted molar refractivity (Wildman–Crippen MR) is 102 cm³/mol. The Hall–Kier alpha value is -2.72. The molecule has 4 heterocycles. The van der Waals surface area contributed by atoms with Crippen LogP contribution in [0.5, 0.6) is 0 Å². The van der Waals surface area contributed by atoms with Gasteiger partial charge in [-0.25, -0.2) is 4.98 Å². The summed E-state index contributed by atoms with van der Waals surface area (Å²) in [5, 5.41) is 20.7. The van der Waals surface area contributed by atoms with Crippen molar-refractivity contribution in [3.8, 4) is 0 Å². The highest BCUT2D eigenvalue weighted by atomic mass is 16.5. The molecule has 10 heteroatoms. The van der Waals surface area contributed by atoms with E-state index in [1.807, 2.05) is 6.92 Å². The van der Waals surface area contributed by atoms with Gasteiger partial charge in [0, 0.05) is 25.9 Å². The summed E-state index contributed by atoms with van der Waals surface area (Å²) in [5.74, 6) is 0.250. The summed E-state index contributed by atoms with van der Waals surface area (Å²) in [6.07, 6.45) is 5.13. The standard InChI is InChI=1S/C19H26N6O4/c1-12-20-11-14(23-12)15(26)24-18(2)5-8-29-19(17(18)28)3-6-25(7-4-19)16(27)13-9-21-22-10-13/h9-11,17,28H,3-8H2,1-2H3,(H,20,23)(H,21,22)(H,24,26)/t17-,18+/m1/s1. The summed E-state index contributed by atoms with van der Waals surface area (Å²) in [6.45, 7) is 4.96. The van der Waals surface area contributed by atoms with E-state index in [4.69, 9.17) is 4.74 Å². The Morgan fingerprint density at radius 2 is 2.07 bits per heavy atom. The third kappa shape index (κ3) is 3.53. The molecule has 0 radical (unpaired) electrons. The number of aromatic nitrogens is 4. The maximum Gasteiger partial charge on any atom is 0.269 e. The van der Waals surface area contributed by atoms with Crippen molar-refractivity contribution in [2.45, 2.75) is 50.4 Å². The first-order valence-electron chi connectivity index (χ1n) is 9.77. The molecule has 29 heavy (non-hydrogen) atoms. The minimum Gasteiger partial charge on any atom is -0.388 e. The molecule has 10 nitrogen and oxygen atoms in total.